The number of hydrogen-bond donors (Lipinski definition) is 1. The molecule has 20 heavy (non-hydrogen) atoms. The van der Waals surface area contributed by atoms with Crippen LogP contribution in [-0.2, 0) is 12.8 Å². The first kappa shape index (κ1) is 14.8. The fourth-order valence-electron chi connectivity index (χ4n) is 1.95. The second-order valence-electron chi connectivity index (χ2n) is 4.38. The molecule has 0 saturated carbocycles. The van der Waals surface area contributed by atoms with Crippen LogP contribution in [0.3, 0.4) is 0 Å². The number of halogens is 1. The summed E-state index contributed by atoms with van der Waals surface area (Å²) < 4.78 is 6.11. The van der Waals surface area contributed by atoms with E-state index in [1.54, 1.807) is 7.11 Å². The molecule has 106 valence electrons. The summed E-state index contributed by atoms with van der Waals surface area (Å²) in [7, 11) is 3.53. The molecule has 0 aliphatic carbocycles. The van der Waals surface area contributed by atoms with Crippen molar-refractivity contribution in [1.29, 1.82) is 0 Å². The number of aromatic nitrogens is 2. The Labute approximate surface area is 127 Å². The number of benzene rings is 1. The number of nitrogens with zero attached hydrogens (tertiary/aromatic N) is 2. The summed E-state index contributed by atoms with van der Waals surface area (Å²) in [6, 6.07) is 7.98. The highest BCUT2D eigenvalue weighted by Crippen LogP contribution is 2.24. The molecule has 0 bridgehead atoms. The molecule has 0 spiro atoms. The van der Waals surface area contributed by atoms with Gasteiger partial charge < -0.3 is 10.1 Å². The molecule has 1 N–H and O–H groups in total. The SMILES string of the molecule is CCc1nc(Cc2ccc(OC)cc2)nc(NC)c1Br. The van der Waals surface area contributed by atoms with E-state index in [1.165, 1.54) is 0 Å². The van der Waals surface area contributed by atoms with Crippen LogP contribution in [0, 0.1) is 0 Å². The summed E-state index contributed by atoms with van der Waals surface area (Å²) in [5.74, 6) is 2.51. The van der Waals surface area contributed by atoms with Crippen LogP contribution in [0.4, 0.5) is 5.82 Å². The van der Waals surface area contributed by atoms with Gasteiger partial charge in [0.1, 0.15) is 17.4 Å². The normalized spacial score (nSPS) is 10.4. The molecule has 1 heterocycles. The van der Waals surface area contributed by atoms with Crippen LogP contribution in [-0.4, -0.2) is 24.1 Å². The molecule has 0 atom stereocenters. The van der Waals surface area contributed by atoms with E-state index >= 15 is 0 Å². The maximum atomic E-state index is 5.16. The van der Waals surface area contributed by atoms with Crippen molar-refractivity contribution in [2.24, 2.45) is 0 Å². The van der Waals surface area contributed by atoms with Crippen molar-refractivity contribution in [3.8, 4) is 5.75 Å². The molecule has 2 aromatic rings. The smallest absolute Gasteiger partial charge is 0.144 e. The van der Waals surface area contributed by atoms with E-state index in [2.05, 4.69) is 38.1 Å². The van der Waals surface area contributed by atoms with Gasteiger partial charge in [-0.1, -0.05) is 19.1 Å². The second kappa shape index (κ2) is 6.70. The molecule has 0 aliphatic heterocycles. The predicted molar refractivity (Wildman–Crippen MR) is 84.5 cm³/mol. The van der Waals surface area contributed by atoms with Crippen molar-refractivity contribution in [1.82, 2.24) is 9.97 Å². The fraction of sp³-hybridized carbons (Fsp3) is 0.333. The molecule has 0 saturated heterocycles. The average Bonchev–Trinajstić information content (AvgIpc) is 2.49. The number of methoxy groups -OCH3 is 1. The third-order valence-corrected chi connectivity index (χ3v) is 3.89. The average molecular weight is 336 g/mol. The zero-order chi connectivity index (χ0) is 14.5. The van der Waals surface area contributed by atoms with Crippen molar-refractivity contribution >= 4 is 21.7 Å². The van der Waals surface area contributed by atoms with Gasteiger partial charge in [-0.05, 0) is 40.0 Å². The van der Waals surface area contributed by atoms with Crippen LogP contribution in [0.5, 0.6) is 5.75 Å². The molecule has 1 aromatic carbocycles. The van der Waals surface area contributed by atoms with Crippen LogP contribution in [0.2, 0.25) is 0 Å². The minimum atomic E-state index is 0.707. The van der Waals surface area contributed by atoms with Crippen LogP contribution >= 0.6 is 15.9 Å². The van der Waals surface area contributed by atoms with Crippen LogP contribution in [0.15, 0.2) is 28.7 Å². The van der Waals surface area contributed by atoms with Gasteiger partial charge in [-0.25, -0.2) is 9.97 Å². The Bertz CT molecular complexity index is 559. The quantitative estimate of drug-likeness (QED) is 0.909. The Balaban J connectivity index is 2.27. The zero-order valence-electron chi connectivity index (χ0n) is 11.9. The maximum Gasteiger partial charge on any atom is 0.144 e. The number of hydrogen-bond acceptors (Lipinski definition) is 4. The lowest BCUT2D eigenvalue weighted by Gasteiger charge is -2.10. The molecule has 0 aliphatic rings. The topological polar surface area (TPSA) is 47.0 Å². The molecule has 1 aromatic heterocycles. The summed E-state index contributed by atoms with van der Waals surface area (Å²) in [5.41, 5.74) is 2.19. The number of ether oxygens (including phenoxy) is 1. The fourth-order valence-corrected chi connectivity index (χ4v) is 2.61. The first-order chi connectivity index (χ1) is 9.67. The van der Waals surface area contributed by atoms with Crippen LogP contribution in [0.25, 0.3) is 0 Å². The van der Waals surface area contributed by atoms with Gasteiger partial charge in [-0.2, -0.15) is 0 Å². The Morgan fingerprint density at radius 2 is 1.90 bits per heavy atom. The van der Waals surface area contributed by atoms with Crippen molar-refractivity contribution in [3.63, 3.8) is 0 Å². The molecule has 0 radical (unpaired) electrons. The summed E-state index contributed by atoms with van der Waals surface area (Å²) in [5, 5.41) is 3.10. The first-order valence-electron chi connectivity index (χ1n) is 6.53. The Hall–Kier alpha value is -1.62. The third kappa shape index (κ3) is 3.28. The van der Waals surface area contributed by atoms with Crippen molar-refractivity contribution < 1.29 is 4.74 Å². The molecule has 0 unspecified atom stereocenters. The highest BCUT2D eigenvalue weighted by Gasteiger charge is 2.10. The summed E-state index contributed by atoms with van der Waals surface area (Å²) in [6.07, 6.45) is 1.58. The largest absolute Gasteiger partial charge is 0.497 e. The first-order valence-corrected chi connectivity index (χ1v) is 7.33. The minimum absolute atomic E-state index is 0.707. The van der Waals surface area contributed by atoms with E-state index in [1.807, 2.05) is 31.3 Å². The highest BCUT2D eigenvalue weighted by molar-refractivity contribution is 9.10. The molecule has 4 nitrogen and oxygen atoms in total. The van der Waals surface area contributed by atoms with E-state index in [4.69, 9.17) is 4.74 Å². The van der Waals surface area contributed by atoms with Gasteiger partial charge in [0.25, 0.3) is 0 Å². The Morgan fingerprint density at radius 3 is 2.45 bits per heavy atom. The number of rotatable bonds is 5. The standard InChI is InChI=1S/C15H18BrN3O/c1-4-12-14(16)15(17-2)19-13(18-12)9-10-5-7-11(20-3)8-6-10/h5-8H,4,9H2,1-3H3,(H,17,18,19). The minimum Gasteiger partial charge on any atom is -0.497 e. The number of aryl methyl sites for hydroxylation is 1. The Morgan fingerprint density at radius 1 is 1.20 bits per heavy atom. The van der Waals surface area contributed by atoms with Gasteiger partial charge >= 0.3 is 0 Å². The molecule has 0 amide bonds. The van der Waals surface area contributed by atoms with Gasteiger partial charge in [0.05, 0.1) is 17.3 Å². The zero-order valence-corrected chi connectivity index (χ0v) is 13.5. The lowest BCUT2D eigenvalue weighted by Crippen LogP contribution is -2.06. The second-order valence-corrected chi connectivity index (χ2v) is 5.17. The highest BCUT2D eigenvalue weighted by atomic mass is 79.9. The van der Waals surface area contributed by atoms with Crippen molar-refractivity contribution in [2.75, 3.05) is 19.5 Å². The van der Waals surface area contributed by atoms with Gasteiger partial charge in [0.2, 0.25) is 0 Å². The van der Waals surface area contributed by atoms with E-state index < -0.39 is 0 Å². The van der Waals surface area contributed by atoms with Gasteiger partial charge in [0.15, 0.2) is 0 Å². The Kier molecular flexibility index (Phi) is 4.95. The lowest BCUT2D eigenvalue weighted by atomic mass is 10.1. The van der Waals surface area contributed by atoms with Crippen LogP contribution in [0.1, 0.15) is 24.0 Å². The molecule has 0 fully saturated rings. The van der Waals surface area contributed by atoms with E-state index in [0.717, 1.165) is 39.5 Å². The van der Waals surface area contributed by atoms with E-state index in [0.29, 0.717) is 6.42 Å². The maximum absolute atomic E-state index is 5.16. The summed E-state index contributed by atoms with van der Waals surface area (Å²) in [4.78, 5) is 9.14. The van der Waals surface area contributed by atoms with E-state index in [9.17, 15) is 0 Å². The molecule has 2 rings (SSSR count). The van der Waals surface area contributed by atoms with Gasteiger partial charge in [0, 0.05) is 13.5 Å². The predicted octanol–water partition coefficient (Wildman–Crippen LogP) is 3.44. The van der Waals surface area contributed by atoms with Crippen molar-refractivity contribution in [3.05, 3.63) is 45.8 Å². The molecule has 5 heteroatoms. The number of anilines is 1. The third-order valence-electron chi connectivity index (χ3n) is 3.06. The van der Waals surface area contributed by atoms with E-state index in [-0.39, 0.29) is 0 Å². The van der Waals surface area contributed by atoms with Crippen LogP contribution < -0.4 is 10.1 Å². The van der Waals surface area contributed by atoms with Gasteiger partial charge in [-0.15, -0.1) is 0 Å². The monoisotopic (exact) mass is 335 g/mol. The molecular formula is C15H18BrN3O. The molecular weight excluding hydrogens is 318 g/mol. The summed E-state index contributed by atoms with van der Waals surface area (Å²) in [6.45, 7) is 2.09. The number of nitrogens with one attached hydrogen (secondary N) is 1. The van der Waals surface area contributed by atoms with Crippen molar-refractivity contribution in [2.45, 2.75) is 19.8 Å². The van der Waals surface area contributed by atoms with Gasteiger partial charge in [-0.3, -0.25) is 0 Å². The summed E-state index contributed by atoms with van der Waals surface area (Å²) >= 11 is 3.54. The lowest BCUT2D eigenvalue weighted by molar-refractivity contribution is 0.414.